The van der Waals surface area contributed by atoms with E-state index in [0.29, 0.717) is 27.5 Å². The van der Waals surface area contributed by atoms with E-state index in [1.54, 1.807) is 0 Å². The number of nitrogens with one attached hydrogen (secondary N) is 2. The Labute approximate surface area is 189 Å². The Hall–Kier alpha value is -2.53. The number of halogens is 1. The van der Waals surface area contributed by atoms with Crippen LogP contribution < -0.4 is 16.0 Å². The summed E-state index contributed by atoms with van der Waals surface area (Å²) < 4.78 is 0.299. The lowest BCUT2D eigenvalue weighted by molar-refractivity contribution is 0.312. The Morgan fingerprint density at radius 1 is 1.23 bits per heavy atom. The number of rotatable bonds is 5. The molecule has 1 aliphatic heterocycles. The SMILES string of the molecule is Cc1cccc2cc(CNc3ncnc(N)c3C(=N)I)nc(N3CCN(C)CC3)c12. The molecule has 3 aromatic rings. The van der Waals surface area contributed by atoms with Crippen LogP contribution in [0, 0.1) is 12.3 Å². The number of hydrogen-bond donors (Lipinski definition) is 3. The largest absolute Gasteiger partial charge is 0.383 e. The fraction of sp³-hybridized carbons (Fsp3) is 0.333. The first-order valence-corrected chi connectivity index (χ1v) is 10.9. The zero-order valence-electron chi connectivity index (χ0n) is 17.1. The van der Waals surface area contributed by atoms with Gasteiger partial charge >= 0.3 is 0 Å². The van der Waals surface area contributed by atoms with Gasteiger partial charge in [0.15, 0.2) is 0 Å². The molecule has 0 spiro atoms. The predicted octanol–water partition coefficient (Wildman–Crippen LogP) is 3.04. The highest BCUT2D eigenvalue weighted by Crippen LogP contribution is 2.30. The van der Waals surface area contributed by atoms with Crippen molar-refractivity contribution in [3.8, 4) is 0 Å². The van der Waals surface area contributed by atoms with Crippen molar-refractivity contribution in [2.75, 3.05) is 49.2 Å². The van der Waals surface area contributed by atoms with Gasteiger partial charge in [-0.3, -0.25) is 5.41 Å². The van der Waals surface area contributed by atoms with E-state index >= 15 is 0 Å². The summed E-state index contributed by atoms with van der Waals surface area (Å²) in [5, 5.41) is 13.7. The maximum atomic E-state index is 7.98. The first-order valence-electron chi connectivity index (χ1n) is 9.85. The Bertz CT molecular complexity index is 1090. The summed E-state index contributed by atoms with van der Waals surface area (Å²) in [6, 6.07) is 8.49. The van der Waals surface area contributed by atoms with E-state index in [1.807, 2.05) is 22.6 Å². The van der Waals surface area contributed by atoms with Crippen molar-refractivity contribution < 1.29 is 0 Å². The lowest BCUT2D eigenvalue weighted by Crippen LogP contribution is -2.45. The highest BCUT2D eigenvalue weighted by atomic mass is 127. The average molecular weight is 516 g/mol. The van der Waals surface area contributed by atoms with Gasteiger partial charge in [0.2, 0.25) is 0 Å². The molecule has 4 N–H and O–H groups in total. The number of piperazine rings is 1. The van der Waals surface area contributed by atoms with E-state index in [2.05, 4.69) is 63.3 Å². The molecule has 2 aromatic heterocycles. The molecule has 1 fully saturated rings. The van der Waals surface area contributed by atoms with Crippen molar-refractivity contribution >= 4 is 54.5 Å². The number of nitrogens with two attached hydrogens (primary N) is 1. The average Bonchev–Trinajstić information content (AvgIpc) is 2.72. The van der Waals surface area contributed by atoms with Crippen LogP contribution in [0.25, 0.3) is 10.8 Å². The summed E-state index contributed by atoms with van der Waals surface area (Å²) in [6.07, 6.45) is 1.41. The fourth-order valence-corrected chi connectivity index (χ4v) is 4.31. The Morgan fingerprint density at radius 3 is 2.73 bits per heavy atom. The van der Waals surface area contributed by atoms with Gasteiger partial charge in [-0.15, -0.1) is 0 Å². The first-order chi connectivity index (χ1) is 14.4. The highest BCUT2D eigenvalue weighted by Gasteiger charge is 2.20. The van der Waals surface area contributed by atoms with Crippen molar-refractivity contribution in [3.05, 3.63) is 47.4 Å². The second kappa shape index (κ2) is 8.68. The van der Waals surface area contributed by atoms with Crippen LogP contribution in [-0.4, -0.2) is 56.8 Å². The van der Waals surface area contributed by atoms with Crippen molar-refractivity contribution in [2.45, 2.75) is 13.5 Å². The smallest absolute Gasteiger partial charge is 0.141 e. The number of likely N-dealkylation sites (N-methyl/N-ethyl adjacent to an activating group) is 1. The Morgan fingerprint density at radius 2 is 2.00 bits per heavy atom. The number of pyridine rings is 1. The molecule has 0 radical (unpaired) electrons. The van der Waals surface area contributed by atoms with Gasteiger partial charge in [-0.25, -0.2) is 15.0 Å². The molecule has 1 saturated heterocycles. The molecule has 1 aliphatic rings. The van der Waals surface area contributed by atoms with Gasteiger partial charge in [-0.05, 0) is 53.6 Å². The van der Waals surface area contributed by atoms with E-state index in [1.165, 1.54) is 22.7 Å². The number of fused-ring (bicyclic) bond motifs is 1. The lowest BCUT2D eigenvalue weighted by Gasteiger charge is -2.34. The second-order valence-electron chi connectivity index (χ2n) is 7.55. The molecule has 3 heterocycles. The number of aryl methyl sites for hydroxylation is 1. The molecule has 0 amide bonds. The number of nitrogen functional groups attached to an aromatic ring is 1. The molecule has 156 valence electrons. The summed E-state index contributed by atoms with van der Waals surface area (Å²) in [4.78, 5) is 18.0. The van der Waals surface area contributed by atoms with Crippen LogP contribution in [0.2, 0.25) is 0 Å². The molecule has 0 atom stereocenters. The van der Waals surface area contributed by atoms with Crippen molar-refractivity contribution in [1.29, 1.82) is 5.41 Å². The number of aromatic nitrogens is 3. The molecular weight excluding hydrogens is 491 g/mol. The number of benzene rings is 1. The van der Waals surface area contributed by atoms with Crippen LogP contribution in [0.15, 0.2) is 30.6 Å². The van der Waals surface area contributed by atoms with E-state index in [-0.39, 0.29) is 0 Å². The number of nitrogens with zero attached hydrogens (tertiary/aromatic N) is 5. The molecule has 4 rings (SSSR count). The third kappa shape index (κ3) is 4.17. The summed E-state index contributed by atoms with van der Waals surface area (Å²) in [6.45, 7) is 6.60. The molecule has 0 saturated carbocycles. The fourth-order valence-electron chi connectivity index (χ4n) is 3.78. The first kappa shape index (κ1) is 20.7. The van der Waals surface area contributed by atoms with Crippen LogP contribution in [-0.2, 0) is 6.54 Å². The van der Waals surface area contributed by atoms with Gasteiger partial charge in [0.1, 0.15) is 27.5 Å². The number of hydrogen-bond acceptors (Lipinski definition) is 8. The van der Waals surface area contributed by atoms with E-state index in [4.69, 9.17) is 16.1 Å². The standard InChI is InChI=1S/C21H25IN8/c1-13-4-3-5-14-10-15(11-25-20-17(18(22)23)19(24)26-12-27-20)28-21(16(13)14)30-8-6-29(2)7-9-30/h3-5,10,12,23H,6-9,11H2,1-2H3,(H3,24,25,26,27). The Kier molecular flexibility index (Phi) is 6.00. The van der Waals surface area contributed by atoms with E-state index in [9.17, 15) is 0 Å². The third-order valence-electron chi connectivity index (χ3n) is 5.44. The van der Waals surface area contributed by atoms with Crippen molar-refractivity contribution in [2.24, 2.45) is 0 Å². The van der Waals surface area contributed by atoms with Crippen LogP contribution in [0.3, 0.4) is 0 Å². The number of anilines is 3. The van der Waals surface area contributed by atoms with Gasteiger partial charge < -0.3 is 20.9 Å². The summed E-state index contributed by atoms with van der Waals surface area (Å²) in [5.41, 5.74) is 8.63. The van der Waals surface area contributed by atoms with Gasteiger partial charge in [0, 0.05) is 31.6 Å². The molecule has 9 heteroatoms. The van der Waals surface area contributed by atoms with Gasteiger partial charge in [0.25, 0.3) is 0 Å². The zero-order chi connectivity index (χ0) is 21.3. The Balaban J connectivity index is 1.69. The molecular formula is C21H25IN8. The normalized spacial score (nSPS) is 14.8. The maximum Gasteiger partial charge on any atom is 0.141 e. The van der Waals surface area contributed by atoms with Crippen LogP contribution in [0.5, 0.6) is 0 Å². The van der Waals surface area contributed by atoms with Crippen molar-refractivity contribution in [3.63, 3.8) is 0 Å². The topological polar surface area (TPSA) is 107 Å². The maximum absolute atomic E-state index is 7.98. The minimum absolute atomic E-state index is 0.298. The van der Waals surface area contributed by atoms with Crippen LogP contribution >= 0.6 is 22.6 Å². The highest BCUT2D eigenvalue weighted by molar-refractivity contribution is 14.1. The minimum atomic E-state index is 0.298. The van der Waals surface area contributed by atoms with Gasteiger partial charge in [-0.1, -0.05) is 18.2 Å². The summed E-state index contributed by atoms with van der Waals surface area (Å²) in [7, 11) is 2.16. The van der Waals surface area contributed by atoms with E-state index < -0.39 is 0 Å². The third-order valence-corrected chi connectivity index (χ3v) is 5.98. The zero-order valence-corrected chi connectivity index (χ0v) is 19.3. The molecule has 30 heavy (non-hydrogen) atoms. The lowest BCUT2D eigenvalue weighted by atomic mass is 10.0. The minimum Gasteiger partial charge on any atom is -0.383 e. The van der Waals surface area contributed by atoms with Gasteiger partial charge in [-0.2, -0.15) is 0 Å². The van der Waals surface area contributed by atoms with Gasteiger partial charge in [0.05, 0.1) is 17.8 Å². The van der Waals surface area contributed by atoms with Crippen LogP contribution in [0.1, 0.15) is 16.8 Å². The molecule has 8 nitrogen and oxygen atoms in total. The quantitative estimate of drug-likeness (QED) is 0.354. The summed E-state index contributed by atoms with van der Waals surface area (Å²) in [5.74, 6) is 1.89. The van der Waals surface area contributed by atoms with Crippen molar-refractivity contribution in [1.82, 2.24) is 19.9 Å². The molecule has 0 aliphatic carbocycles. The van der Waals surface area contributed by atoms with E-state index in [0.717, 1.165) is 37.7 Å². The predicted molar refractivity (Wildman–Crippen MR) is 131 cm³/mol. The molecule has 0 unspecified atom stereocenters. The van der Waals surface area contributed by atoms with Crippen LogP contribution in [0.4, 0.5) is 17.5 Å². The monoisotopic (exact) mass is 516 g/mol. The second-order valence-corrected chi connectivity index (χ2v) is 8.63. The molecule has 1 aromatic carbocycles. The summed E-state index contributed by atoms with van der Waals surface area (Å²) >= 11 is 1.92. The molecule has 0 bridgehead atoms.